The van der Waals surface area contributed by atoms with Gasteiger partial charge in [0.1, 0.15) is 11.2 Å². The number of nitrogens with zero attached hydrogens (tertiary/aromatic N) is 5. The van der Waals surface area contributed by atoms with Gasteiger partial charge in [0.15, 0.2) is 0 Å². The molecule has 0 atom stereocenters. The van der Waals surface area contributed by atoms with Crippen molar-refractivity contribution in [2.24, 2.45) is 5.92 Å². The number of nitrogens with one attached hydrogen (secondary N) is 1. The quantitative estimate of drug-likeness (QED) is 0.397. The first-order valence-corrected chi connectivity index (χ1v) is 15.3. The average Bonchev–Trinajstić information content (AvgIpc) is 3.71. The van der Waals surface area contributed by atoms with E-state index in [2.05, 4.69) is 50.2 Å². The van der Waals surface area contributed by atoms with E-state index < -0.39 is 5.60 Å². The van der Waals surface area contributed by atoms with Crippen LogP contribution in [-0.4, -0.2) is 80.0 Å². The van der Waals surface area contributed by atoms with Crippen LogP contribution in [0.2, 0.25) is 0 Å². The lowest BCUT2D eigenvalue weighted by molar-refractivity contribution is 0.0139. The number of hydrogen-bond acceptors (Lipinski definition) is 7. The lowest BCUT2D eigenvalue weighted by atomic mass is 9.93. The molecule has 3 heterocycles. The molecule has 0 spiro atoms. The monoisotopic (exact) mass is 560 g/mol. The molecule has 0 bridgehead atoms. The number of amides is 1. The highest BCUT2D eigenvalue weighted by molar-refractivity contribution is 5.94. The van der Waals surface area contributed by atoms with Gasteiger partial charge < -0.3 is 24.6 Å². The molecule has 1 aromatic carbocycles. The minimum Gasteiger partial charge on any atom is -0.444 e. The standard InChI is InChI=1S/C32H44N6O3/c1-32(2,3)41-31(40)37-16-14-36(15-17-37)20-23-6-8-24(9-7-23)28-21-38(25-10-12-26(39)13-11-25)29-27(28)19-34-30(35-29)33-18-22-4-5-22/h6-9,19,21-22,25-26,39H,4-5,10-18,20H2,1-3H3,(H,33,34,35)/t25-,26-. The molecule has 3 fully saturated rings. The summed E-state index contributed by atoms with van der Waals surface area (Å²) in [6.07, 6.45) is 9.97. The molecule has 1 amide bonds. The molecule has 3 aliphatic rings. The molecule has 2 aliphatic carbocycles. The molecule has 9 heteroatoms. The molecule has 2 saturated carbocycles. The molecule has 0 radical (unpaired) electrons. The number of aliphatic hydroxyl groups is 1. The van der Waals surface area contributed by atoms with Crippen LogP contribution in [0.1, 0.15) is 70.9 Å². The first kappa shape index (κ1) is 28.0. The van der Waals surface area contributed by atoms with Crippen LogP contribution in [0.25, 0.3) is 22.2 Å². The maximum absolute atomic E-state index is 12.4. The van der Waals surface area contributed by atoms with Gasteiger partial charge in [-0.15, -0.1) is 0 Å². The Morgan fingerprint density at radius 3 is 2.39 bits per heavy atom. The van der Waals surface area contributed by atoms with Crippen molar-refractivity contribution in [1.29, 1.82) is 0 Å². The largest absolute Gasteiger partial charge is 0.444 e. The molecule has 1 aliphatic heterocycles. The lowest BCUT2D eigenvalue weighted by Crippen LogP contribution is -2.49. The number of aromatic nitrogens is 3. The van der Waals surface area contributed by atoms with Gasteiger partial charge in [-0.2, -0.15) is 4.98 Å². The Kier molecular flexibility index (Phi) is 7.92. The molecule has 6 rings (SSSR count). The Balaban J connectivity index is 1.16. The fourth-order valence-corrected chi connectivity index (χ4v) is 5.98. The van der Waals surface area contributed by atoms with Crippen molar-refractivity contribution in [3.8, 4) is 11.1 Å². The molecule has 9 nitrogen and oxygen atoms in total. The van der Waals surface area contributed by atoms with E-state index in [0.717, 1.165) is 79.9 Å². The molecule has 0 unspecified atom stereocenters. The highest BCUT2D eigenvalue weighted by atomic mass is 16.6. The summed E-state index contributed by atoms with van der Waals surface area (Å²) in [7, 11) is 0. The number of fused-ring (bicyclic) bond motifs is 1. The zero-order valence-corrected chi connectivity index (χ0v) is 24.7. The smallest absolute Gasteiger partial charge is 0.410 e. The van der Waals surface area contributed by atoms with Crippen molar-refractivity contribution in [2.45, 2.75) is 83.6 Å². The summed E-state index contributed by atoms with van der Waals surface area (Å²) in [4.78, 5) is 26.3. The van der Waals surface area contributed by atoms with Crippen LogP contribution < -0.4 is 5.32 Å². The van der Waals surface area contributed by atoms with Gasteiger partial charge in [-0.3, -0.25) is 4.90 Å². The van der Waals surface area contributed by atoms with Gasteiger partial charge in [-0.05, 0) is 76.3 Å². The fraction of sp³-hybridized carbons (Fsp3) is 0.594. The Morgan fingerprint density at radius 1 is 1.02 bits per heavy atom. The van der Waals surface area contributed by atoms with E-state index in [1.807, 2.05) is 31.9 Å². The predicted molar refractivity (Wildman–Crippen MR) is 161 cm³/mol. The number of rotatable bonds is 7. The first-order valence-electron chi connectivity index (χ1n) is 15.3. The highest BCUT2D eigenvalue weighted by Gasteiger charge is 2.27. The summed E-state index contributed by atoms with van der Waals surface area (Å²) < 4.78 is 7.87. The molecule has 220 valence electrons. The normalized spacial score (nSPS) is 22.2. The second kappa shape index (κ2) is 11.6. The van der Waals surface area contributed by atoms with Gasteiger partial charge in [-0.25, -0.2) is 9.78 Å². The Morgan fingerprint density at radius 2 is 1.73 bits per heavy atom. The van der Waals surface area contributed by atoms with Crippen LogP contribution >= 0.6 is 0 Å². The van der Waals surface area contributed by atoms with E-state index in [-0.39, 0.29) is 12.2 Å². The van der Waals surface area contributed by atoms with Crippen molar-refractivity contribution < 1.29 is 14.6 Å². The van der Waals surface area contributed by atoms with Crippen molar-refractivity contribution >= 4 is 23.1 Å². The molecular weight excluding hydrogens is 516 g/mol. The Bertz CT molecular complexity index is 1340. The maximum atomic E-state index is 12.4. The zero-order valence-electron chi connectivity index (χ0n) is 24.7. The van der Waals surface area contributed by atoms with Crippen molar-refractivity contribution in [1.82, 2.24) is 24.3 Å². The SMILES string of the molecule is CC(C)(C)OC(=O)N1CCN(Cc2ccc(-c3cn([C@H]4CC[C@H](O)CC4)c4nc(NCC5CC5)ncc34)cc2)CC1. The third-order valence-electron chi connectivity index (χ3n) is 8.57. The second-order valence-electron chi connectivity index (χ2n) is 13.1. The summed E-state index contributed by atoms with van der Waals surface area (Å²) in [6, 6.07) is 9.16. The van der Waals surface area contributed by atoms with Gasteiger partial charge in [-0.1, -0.05) is 24.3 Å². The highest BCUT2D eigenvalue weighted by Crippen LogP contribution is 2.37. The molecule has 2 N–H and O–H groups in total. The topological polar surface area (TPSA) is 95.8 Å². The third-order valence-corrected chi connectivity index (χ3v) is 8.57. The molecule has 1 saturated heterocycles. The molecule has 41 heavy (non-hydrogen) atoms. The minimum absolute atomic E-state index is 0.189. The summed E-state index contributed by atoms with van der Waals surface area (Å²) in [5, 5.41) is 14.6. The number of ether oxygens (including phenoxy) is 1. The molecular formula is C32H44N6O3. The van der Waals surface area contributed by atoms with E-state index in [1.54, 1.807) is 0 Å². The second-order valence-corrected chi connectivity index (χ2v) is 13.1. The van der Waals surface area contributed by atoms with Crippen LogP contribution in [0.15, 0.2) is 36.7 Å². The lowest BCUT2D eigenvalue weighted by Gasteiger charge is -2.35. The van der Waals surface area contributed by atoms with Crippen LogP contribution in [-0.2, 0) is 11.3 Å². The number of carbonyl (C=O) groups excluding carboxylic acids is 1. The van der Waals surface area contributed by atoms with Gasteiger partial charge in [0.05, 0.1) is 6.10 Å². The van der Waals surface area contributed by atoms with Crippen LogP contribution in [0.4, 0.5) is 10.7 Å². The maximum Gasteiger partial charge on any atom is 0.410 e. The van der Waals surface area contributed by atoms with Crippen LogP contribution in [0, 0.1) is 5.92 Å². The van der Waals surface area contributed by atoms with Gasteiger partial charge >= 0.3 is 6.09 Å². The fourth-order valence-electron chi connectivity index (χ4n) is 5.98. The number of aliphatic hydroxyl groups excluding tert-OH is 1. The number of benzene rings is 1. The van der Waals surface area contributed by atoms with E-state index in [9.17, 15) is 9.90 Å². The Hall–Kier alpha value is -3.17. The number of anilines is 1. The zero-order chi connectivity index (χ0) is 28.6. The summed E-state index contributed by atoms with van der Waals surface area (Å²) in [5.74, 6) is 1.46. The average molecular weight is 561 g/mol. The van der Waals surface area contributed by atoms with E-state index in [1.165, 1.54) is 18.4 Å². The molecule has 2 aromatic heterocycles. The third kappa shape index (κ3) is 6.84. The van der Waals surface area contributed by atoms with Crippen molar-refractivity contribution in [3.05, 3.63) is 42.2 Å². The minimum atomic E-state index is -0.470. The Labute approximate surface area is 242 Å². The predicted octanol–water partition coefficient (Wildman–Crippen LogP) is 5.45. The molecule has 3 aromatic rings. The van der Waals surface area contributed by atoms with Crippen LogP contribution in [0.3, 0.4) is 0 Å². The van der Waals surface area contributed by atoms with E-state index in [4.69, 9.17) is 9.72 Å². The number of piperazine rings is 1. The van der Waals surface area contributed by atoms with Gasteiger partial charge in [0.25, 0.3) is 0 Å². The summed E-state index contributed by atoms with van der Waals surface area (Å²) in [6.45, 7) is 10.5. The van der Waals surface area contributed by atoms with E-state index in [0.29, 0.717) is 25.1 Å². The van der Waals surface area contributed by atoms with Crippen molar-refractivity contribution in [2.75, 3.05) is 38.0 Å². The van der Waals surface area contributed by atoms with Gasteiger partial charge in [0.2, 0.25) is 5.95 Å². The van der Waals surface area contributed by atoms with E-state index >= 15 is 0 Å². The number of hydrogen-bond donors (Lipinski definition) is 2. The van der Waals surface area contributed by atoms with Crippen LogP contribution in [0.5, 0.6) is 0 Å². The summed E-state index contributed by atoms with van der Waals surface area (Å²) >= 11 is 0. The summed E-state index contributed by atoms with van der Waals surface area (Å²) in [5.41, 5.74) is 4.07. The first-order chi connectivity index (χ1) is 19.7. The number of carbonyl (C=O) groups is 1. The van der Waals surface area contributed by atoms with Crippen molar-refractivity contribution in [3.63, 3.8) is 0 Å². The van der Waals surface area contributed by atoms with Gasteiger partial charge in [0, 0.05) is 68.7 Å².